The van der Waals surface area contributed by atoms with E-state index in [0.29, 0.717) is 0 Å². The van der Waals surface area contributed by atoms with Gasteiger partial charge in [-0.1, -0.05) is 0 Å². The molecule has 2 amide bonds. The summed E-state index contributed by atoms with van der Waals surface area (Å²) in [6.45, 7) is 1.36. The normalized spacial score (nSPS) is 23.9. The molecule has 1 N–H and O–H groups in total. The fourth-order valence-corrected chi connectivity index (χ4v) is 2.16. The summed E-state index contributed by atoms with van der Waals surface area (Å²) in [6.07, 6.45) is -5.16. The number of hydrogen-bond donors (Lipinski definition) is 1. The lowest BCUT2D eigenvalue weighted by molar-refractivity contribution is -0.190. The van der Waals surface area contributed by atoms with E-state index < -0.39 is 30.1 Å². The minimum Gasteiger partial charge on any atom is -0.453 e. The fraction of sp³-hybridized carbons (Fsp3) is 0.818. The Morgan fingerprint density at radius 1 is 1.42 bits per heavy atom. The van der Waals surface area contributed by atoms with Crippen molar-refractivity contribution in [1.82, 2.24) is 10.2 Å². The van der Waals surface area contributed by atoms with Gasteiger partial charge in [-0.2, -0.15) is 13.2 Å². The molecule has 2 atom stereocenters. The zero-order valence-electron chi connectivity index (χ0n) is 10.8. The Kier molecular flexibility index (Phi) is 5.02. The van der Waals surface area contributed by atoms with E-state index in [4.69, 9.17) is 0 Å². The first-order valence-corrected chi connectivity index (χ1v) is 5.93. The van der Waals surface area contributed by atoms with Gasteiger partial charge in [0.15, 0.2) is 0 Å². The van der Waals surface area contributed by atoms with Crippen LogP contribution in [0.25, 0.3) is 0 Å². The first-order valence-electron chi connectivity index (χ1n) is 5.93. The summed E-state index contributed by atoms with van der Waals surface area (Å²) in [4.78, 5) is 23.9. The van der Waals surface area contributed by atoms with Crippen LogP contribution >= 0.6 is 0 Å². The van der Waals surface area contributed by atoms with Gasteiger partial charge in [0, 0.05) is 12.6 Å². The van der Waals surface area contributed by atoms with Crippen molar-refractivity contribution in [2.75, 3.05) is 20.2 Å². The number of piperidine rings is 1. The third kappa shape index (κ3) is 4.29. The highest BCUT2D eigenvalue weighted by atomic mass is 19.4. The largest absolute Gasteiger partial charge is 0.453 e. The van der Waals surface area contributed by atoms with Gasteiger partial charge in [0.25, 0.3) is 0 Å². The lowest BCUT2D eigenvalue weighted by Crippen LogP contribution is -2.50. The monoisotopic (exact) mass is 282 g/mol. The molecule has 0 aromatic rings. The van der Waals surface area contributed by atoms with Crippen molar-refractivity contribution in [3.63, 3.8) is 0 Å². The molecule has 0 aromatic heterocycles. The Bertz CT molecular complexity index is 347. The molecule has 0 aromatic carbocycles. The van der Waals surface area contributed by atoms with Gasteiger partial charge in [0.05, 0.1) is 13.0 Å². The summed E-state index contributed by atoms with van der Waals surface area (Å²) >= 11 is 0. The van der Waals surface area contributed by atoms with Crippen LogP contribution in [0.3, 0.4) is 0 Å². The van der Waals surface area contributed by atoms with Crippen LogP contribution in [0, 0.1) is 5.92 Å². The zero-order chi connectivity index (χ0) is 14.6. The molecule has 2 unspecified atom stereocenters. The molecule has 1 aliphatic rings. The van der Waals surface area contributed by atoms with Gasteiger partial charge in [-0.05, 0) is 19.8 Å². The number of alkyl carbamates (subject to hydrolysis) is 1. The Hall–Kier alpha value is -1.47. The topological polar surface area (TPSA) is 58.6 Å². The van der Waals surface area contributed by atoms with Crippen LogP contribution in [0.2, 0.25) is 0 Å². The number of amides is 2. The van der Waals surface area contributed by atoms with Gasteiger partial charge in [0.2, 0.25) is 5.91 Å². The summed E-state index contributed by atoms with van der Waals surface area (Å²) in [5.41, 5.74) is 0. The van der Waals surface area contributed by atoms with Gasteiger partial charge in [0.1, 0.15) is 6.54 Å². The Labute approximate surface area is 109 Å². The molecule has 8 heteroatoms. The van der Waals surface area contributed by atoms with Crippen molar-refractivity contribution in [3.05, 3.63) is 0 Å². The maximum absolute atomic E-state index is 12.6. The minimum atomic E-state index is -4.21. The molecular weight excluding hydrogens is 265 g/mol. The predicted molar refractivity (Wildman–Crippen MR) is 60.4 cm³/mol. The molecule has 0 bridgehead atoms. The van der Waals surface area contributed by atoms with E-state index in [2.05, 4.69) is 10.1 Å². The molecule has 1 saturated heterocycles. The number of hydrogen-bond acceptors (Lipinski definition) is 3. The van der Waals surface area contributed by atoms with E-state index >= 15 is 0 Å². The minimum absolute atomic E-state index is 0.0486. The summed E-state index contributed by atoms with van der Waals surface area (Å²) in [5.74, 6) is -1.77. The number of alkyl halides is 3. The van der Waals surface area contributed by atoms with Crippen LogP contribution in [0.1, 0.15) is 19.8 Å². The van der Waals surface area contributed by atoms with Gasteiger partial charge < -0.3 is 15.0 Å². The molecule has 0 spiro atoms. The quantitative estimate of drug-likeness (QED) is 0.835. The van der Waals surface area contributed by atoms with Crippen molar-refractivity contribution < 1.29 is 27.5 Å². The molecule has 5 nitrogen and oxygen atoms in total. The molecule has 1 rings (SSSR count). The third-order valence-corrected chi connectivity index (χ3v) is 3.23. The highest BCUT2D eigenvalue weighted by Crippen LogP contribution is 2.36. The van der Waals surface area contributed by atoms with E-state index in [-0.39, 0.29) is 25.9 Å². The first-order chi connectivity index (χ1) is 8.75. The lowest BCUT2D eigenvalue weighted by atomic mass is 9.91. The van der Waals surface area contributed by atoms with Gasteiger partial charge in [-0.25, -0.2) is 4.79 Å². The molecule has 1 heterocycles. The molecule has 110 valence electrons. The number of nitrogens with one attached hydrogen (secondary N) is 1. The average Bonchev–Trinajstić information content (AvgIpc) is 2.34. The smallest absolute Gasteiger partial charge is 0.407 e. The van der Waals surface area contributed by atoms with Gasteiger partial charge in [-0.15, -0.1) is 0 Å². The molecule has 0 saturated carbocycles. The second kappa shape index (κ2) is 6.12. The van der Waals surface area contributed by atoms with Crippen molar-refractivity contribution in [2.45, 2.75) is 32.0 Å². The standard InChI is InChI=1S/C11H17F3N2O3/c1-7-5-8(11(12,13)14)3-4-16(7)9(17)6-15-10(18)19-2/h7-8H,3-6H2,1-2H3,(H,15,18). The highest BCUT2D eigenvalue weighted by molar-refractivity contribution is 5.82. The number of carbonyl (C=O) groups excluding carboxylic acids is 2. The third-order valence-electron chi connectivity index (χ3n) is 3.23. The summed E-state index contributed by atoms with van der Waals surface area (Å²) in [6, 6.07) is -0.493. The number of carbonyl (C=O) groups is 2. The van der Waals surface area contributed by atoms with Crippen LogP contribution in [0.15, 0.2) is 0 Å². The second-order valence-electron chi connectivity index (χ2n) is 4.54. The Balaban J connectivity index is 2.49. The summed E-state index contributed by atoms with van der Waals surface area (Å²) < 4.78 is 42.0. The summed E-state index contributed by atoms with van der Waals surface area (Å²) in [5, 5.41) is 2.22. The fourth-order valence-electron chi connectivity index (χ4n) is 2.16. The number of rotatable bonds is 2. The zero-order valence-corrected chi connectivity index (χ0v) is 10.8. The maximum atomic E-state index is 12.6. The van der Waals surface area contributed by atoms with E-state index in [9.17, 15) is 22.8 Å². The number of likely N-dealkylation sites (tertiary alicyclic amines) is 1. The van der Waals surface area contributed by atoms with Crippen molar-refractivity contribution in [3.8, 4) is 0 Å². The number of nitrogens with zero attached hydrogens (tertiary/aromatic N) is 1. The first kappa shape index (κ1) is 15.6. The van der Waals surface area contributed by atoms with Crippen LogP contribution < -0.4 is 5.32 Å². The van der Waals surface area contributed by atoms with Gasteiger partial charge >= 0.3 is 12.3 Å². The van der Waals surface area contributed by atoms with E-state index in [1.165, 1.54) is 4.90 Å². The molecule has 19 heavy (non-hydrogen) atoms. The van der Waals surface area contributed by atoms with Crippen LogP contribution in [0.4, 0.5) is 18.0 Å². The number of methoxy groups -OCH3 is 1. The second-order valence-corrected chi connectivity index (χ2v) is 4.54. The Morgan fingerprint density at radius 3 is 2.53 bits per heavy atom. The van der Waals surface area contributed by atoms with Crippen molar-refractivity contribution in [1.29, 1.82) is 0 Å². The van der Waals surface area contributed by atoms with E-state index in [1.54, 1.807) is 6.92 Å². The van der Waals surface area contributed by atoms with Crippen LogP contribution in [0.5, 0.6) is 0 Å². The average molecular weight is 282 g/mol. The van der Waals surface area contributed by atoms with Crippen LogP contribution in [-0.2, 0) is 9.53 Å². The summed E-state index contributed by atoms with van der Waals surface area (Å²) in [7, 11) is 1.16. The van der Waals surface area contributed by atoms with Crippen molar-refractivity contribution >= 4 is 12.0 Å². The molecule has 1 aliphatic heterocycles. The molecule has 1 fully saturated rings. The van der Waals surface area contributed by atoms with Crippen molar-refractivity contribution in [2.24, 2.45) is 5.92 Å². The van der Waals surface area contributed by atoms with E-state index in [0.717, 1.165) is 7.11 Å². The number of halogens is 3. The Morgan fingerprint density at radius 2 is 2.05 bits per heavy atom. The highest BCUT2D eigenvalue weighted by Gasteiger charge is 2.43. The predicted octanol–water partition coefficient (Wildman–Crippen LogP) is 1.53. The van der Waals surface area contributed by atoms with Crippen LogP contribution in [-0.4, -0.2) is 49.3 Å². The SMILES string of the molecule is COC(=O)NCC(=O)N1CCC(C(F)(F)F)CC1C. The molecule has 0 aliphatic carbocycles. The van der Waals surface area contributed by atoms with Gasteiger partial charge in [-0.3, -0.25) is 4.79 Å². The molecular formula is C11H17F3N2O3. The van der Waals surface area contributed by atoms with E-state index in [1.807, 2.05) is 0 Å². The maximum Gasteiger partial charge on any atom is 0.407 e. The number of ether oxygens (including phenoxy) is 1. The molecule has 0 radical (unpaired) electrons. The lowest BCUT2D eigenvalue weighted by Gasteiger charge is -2.38.